The van der Waals surface area contributed by atoms with Crippen LogP contribution in [0.15, 0.2) is 12.3 Å². The second-order valence-electron chi connectivity index (χ2n) is 10.8. The Morgan fingerprint density at radius 2 is 1.84 bits per heavy atom. The summed E-state index contributed by atoms with van der Waals surface area (Å²) >= 11 is 0.721. The van der Waals surface area contributed by atoms with Crippen molar-refractivity contribution in [1.29, 1.82) is 0 Å². The highest BCUT2D eigenvalue weighted by molar-refractivity contribution is 7.17. The fourth-order valence-corrected chi connectivity index (χ4v) is 5.88. The van der Waals surface area contributed by atoms with Crippen molar-refractivity contribution in [1.82, 2.24) is 20.2 Å². The molecule has 2 aliphatic rings. The largest absolute Gasteiger partial charge is 0.417 e. The van der Waals surface area contributed by atoms with Crippen LogP contribution in [0.25, 0.3) is 10.4 Å². The van der Waals surface area contributed by atoms with Crippen molar-refractivity contribution in [2.75, 3.05) is 18.4 Å². The number of hydrogen-bond donors (Lipinski definition) is 3. The first-order valence-corrected chi connectivity index (χ1v) is 13.8. The Hall–Kier alpha value is -2.73. The molecule has 3 N–H and O–H groups in total. The SMILES string of the molecule is C[C@H]1CCCCN1C(=O)c1nc(C(=O)NCC(C)(C)O)sc1-c1cnc(NC2CCCC2)cc1C(F)(F)F. The second-order valence-corrected chi connectivity index (χ2v) is 11.8. The minimum atomic E-state index is -4.73. The van der Waals surface area contributed by atoms with E-state index in [-0.39, 0.29) is 45.6 Å². The zero-order valence-electron chi connectivity index (χ0n) is 21.8. The van der Waals surface area contributed by atoms with Crippen LogP contribution in [-0.2, 0) is 6.18 Å². The Kier molecular flexibility index (Phi) is 8.32. The lowest BCUT2D eigenvalue weighted by atomic mass is 10.0. The van der Waals surface area contributed by atoms with Gasteiger partial charge in [-0.1, -0.05) is 12.8 Å². The molecule has 2 aromatic rings. The second kappa shape index (κ2) is 11.2. The van der Waals surface area contributed by atoms with Gasteiger partial charge in [-0.05, 0) is 58.9 Å². The molecular formula is C26H34F3N5O3S. The lowest BCUT2D eigenvalue weighted by Gasteiger charge is -2.33. The summed E-state index contributed by atoms with van der Waals surface area (Å²) in [5.74, 6) is -1.06. The summed E-state index contributed by atoms with van der Waals surface area (Å²) in [6.07, 6.45) is 2.68. The van der Waals surface area contributed by atoms with E-state index >= 15 is 0 Å². The first-order valence-electron chi connectivity index (χ1n) is 13.0. The van der Waals surface area contributed by atoms with Gasteiger partial charge in [-0.2, -0.15) is 13.2 Å². The van der Waals surface area contributed by atoms with E-state index in [2.05, 4.69) is 20.6 Å². The molecule has 1 atom stereocenters. The van der Waals surface area contributed by atoms with Crippen molar-refractivity contribution >= 4 is 29.0 Å². The first-order chi connectivity index (χ1) is 17.8. The van der Waals surface area contributed by atoms with E-state index in [1.807, 2.05) is 6.92 Å². The summed E-state index contributed by atoms with van der Waals surface area (Å²) in [5, 5.41) is 15.4. The van der Waals surface area contributed by atoms with Crippen molar-refractivity contribution in [2.24, 2.45) is 0 Å². The van der Waals surface area contributed by atoms with E-state index in [0.29, 0.717) is 6.54 Å². The molecule has 0 bridgehead atoms. The van der Waals surface area contributed by atoms with Gasteiger partial charge >= 0.3 is 6.18 Å². The van der Waals surface area contributed by atoms with Gasteiger partial charge in [-0.3, -0.25) is 9.59 Å². The van der Waals surface area contributed by atoms with E-state index in [9.17, 15) is 27.9 Å². The third-order valence-corrected chi connectivity index (χ3v) is 8.02. The van der Waals surface area contributed by atoms with Crippen molar-refractivity contribution in [3.05, 3.63) is 28.5 Å². The van der Waals surface area contributed by atoms with Crippen LogP contribution in [-0.4, -0.2) is 62.6 Å². The van der Waals surface area contributed by atoms with Crippen LogP contribution < -0.4 is 10.6 Å². The molecule has 1 aliphatic heterocycles. The summed E-state index contributed by atoms with van der Waals surface area (Å²) in [6, 6.07) is 0.942. The van der Waals surface area contributed by atoms with Crippen molar-refractivity contribution in [2.45, 2.75) is 89.6 Å². The molecule has 2 amide bonds. The number of aromatic nitrogens is 2. The summed E-state index contributed by atoms with van der Waals surface area (Å²) in [7, 11) is 0. The Bertz CT molecular complexity index is 1170. The van der Waals surface area contributed by atoms with Gasteiger partial charge in [0, 0.05) is 36.9 Å². The number of thiazole rings is 1. The van der Waals surface area contributed by atoms with Gasteiger partial charge in [0.25, 0.3) is 11.8 Å². The molecule has 4 rings (SSSR count). The van der Waals surface area contributed by atoms with Gasteiger partial charge in [0.15, 0.2) is 5.01 Å². The fourth-order valence-electron chi connectivity index (χ4n) is 4.88. The van der Waals surface area contributed by atoms with Gasteiger partial charge in [0.05, 0.1) is 16.0 Å². The highest BCUT2D eigenvalue weighted by atomic mass is 32.1. The number of hydrogen-bond acceptors (Lipinski definition) is 7. The summed E-state index contributed by atoms with van der Waals surface area (Å²) in [5.41, 5.74) is -2.63. The van der Waals surface area contributed by atoms with E-state index in [4.69, 9.17) is 0 Å². The van der Waals surface area contributed by atoms with Crippen molar-refractivity contribution in [3.63, 3.8) is 0 Å². The van der Waals surface area contributed by atoms with Crippen LogP contribution in [0.5, 0.6) is 0 Å². The predicted molar refractivity (Wildman–Crippen MR) is 139 cm³/mol. The third-order valence-electron chi connectivity index (χ3n) is 6.93. The number of amides is 2. The number of aliphatic hydroxyl groups is 1. The smallest absolute Gasteiger partial charge is 0.389 e. The maximum absolute atomic E-state index is 14.3. The van der Waals surface area contributed by atoms with Gasteiger partial charge < -0.3 is 20.6 Å². The molecule has 2 fully saturated rings. The van der Waals surface area contributed by atoms with Crippen LogP contribution in [0.4, 0.5) is 19.0 Å². The Morgan fingerprint density at radius 1 is 1.16 bits per heavy atom. The summed E-state index contributed by atoms with van der Waals surface area (Å²) < 4.78 is 43.0. The number of likely N-dealkylation sites (tertiary alicyclic amines) is 1. The number of halogens is 3. The highest BCUT2D eigenvalue weighted by Crippen LogP contribution is 2.42. The molecule has 1 saturated heterocycles. The molecule has 208 valence electrons. The molecule has 0 spiro atoms. The minimum Gasteiger partial charge on any atom is -0.389 e. The van der Waals surface area contributed by atoms with Crippen LogP contribution in [0.1, 0.15) is 91.6 Å². The summed E-state index contributed by atoms with van der Waals surface area (Å²) in [6.45, 7) is 5.29. The average molecular weight is 554 g/mol. The molecule has 0 aromatic carbocycles. The molecule has 38 heavy (non-hydrogen) atoms. The first kappa shape index (κ1) is 28.3. The number of carbonyl (C=O) groups is 2. The highest BCUT2D eigenvalue weighted by Gasteiger charge is 2.38. The lowest BCUT2D eigenvalue weighted by Crippen LogP contribution is -2.42. The number of anilines is 1. The van der Waals surface area contributed by atoms with Gasteiger partial charge in [-0.15, -0.1) is 11.3 Å². The van der Waals surface area contributed by atoms with E-state index in [0.717, 1.165) is 68.5 Å². The molecule has 8 nitrogen and oxygen atoms in total. The average Bonchev–Trinajstić information content (AvgIpc) is 3.52. The molecule has 12 heteroatoms. The molecule has 1 saturated carbocycles. The molecular weight excluding hydrogens is 519 g/mol. The maximum Gasteiger partial charge on any atom is 0.417 e. The quantitative estimate of drug-likeness (QED) is 0.441. The predicted octanol–water partition coefficient (Wildman–Crippen LogP) is 5.09. The number of nitrogens with one attached hydrogen (secondary N) is 2. The van der Waals surface area contributed by atoms with Crippen molar-refractivity contribution < 1.29 is 27.9 Å². The molecule has 3 heterocycles. The zero-order chi connectivity index (χ0) is 27.7. The van der Waals surface area contributed by atoms with E-state index < -0.39 is 29.2 Å². The topological polar surface area (TPSA) is 107 Å². The molecule has 2 aromatic heterocycles. The van der Waals surface area contributed by atoms with Gasteiger partial charge in [0.1, 0.15) is 11.5 Å². The number of carbonyl (C=O) groups excluding carboxylic acids is 2. The lowest BCUT2D eigenvalue weighted by molar-refractivity contribution is -0.137. The number of alkyl halides is 3. The minimum absolute atomic E-state index is 0.0478. The van der Waals surface area contributed by atoms with Crippen LogP contribution in [0.3, 0.4) is 0 Å². The van der Waals surface area contributed by atoms with E-state index in [1.165, 1.54) is 13.8 Å². The number of rotatable bonds is 7. The number of nitrogens with zero attached hydrogens (tertiary/aromatic N) is 3. The molecule has 1 aliphatic carbocycles. The standard InChI is InChI=1S/C26H34F3N5O3S/c1-15-8-6-7-11-34(15)24(36)20-21(38-23(33-20)22(35)31-14-25(2,3)37)17-13-30-19(12-18(17)26(27,28)29)32-16-9-4-5-10-16/h12-13,15-16,37H,4-11,14H2,1-3H3,(H,30,32)(H,31,35)/t15-/m0/s1. The Balaban J connectivity index is 1.77. The fraction of sp³-hybridized carbons (Fsp3) is 0.615. The Morgan fingerprint density at radius 3 is 2.47 bits per heavy atom. The van der Waals surface area contributed by atoms with Crippen molar-refractivity contribution in [3.8, 4) is 10.4 Å². The van der Waals surface area contributed by atoms with Gasteiger partial charge in [0.2, 0.25) is 0 Å². The third kappa shape index (κ3) is 6.63. The van der Waals surface area contributed by atoms with Crippen LogP contribution >= 0.6 is 11.3 Å². The zero-order valence-corrected chi connectivity index (χ0v) is 22.6. The maximum atomic E-state index is 14.3. The molecule has 0 radical (unpaired) electrons. The van der Waals surface area contributed by atoms with Gasteiger partial charge in [-0.25, -0.2) is 9.97 Å². The Labute approximate surface area is 224 Å². The molecule has 0 unspecified atom stereocenters. The summed E-state index contributed by atoms with van der Waals surface area (Å²) in [4.78, 5) is 36.5. The van der Waals surface area contributed by atoms with E-state index in [1.54, 1.807) is 4.90 Å². The monoisotopic (exact) mass is 553 g/mol. The number of pyridine rings is 1. The number of piperidine rings is 1. The van der Waals surface area contributed by atoms with Crippen LogP contribution in [0.2, 0.25) is 0 Å². The van der Waals surface area contributed by atoms with Crippen LogP contribution in [0, 0.1) is 0 Å². The normalized spacial score (nSPS) is 19.0.